The van der Waals surface area contributed by atoms with E-state index in [1.54, 1.807) is 9.80 Å². The average Bonchev–Trinajstić information content (AvgIpc) is 2.46. The largest absolute Gasteiger partial charge is 0.481 e. The number of aliphatic carboxylic acids is 1. The summed E-state index contributed by atoms with van der Waals surface area (Å²) >= 11 is 0. The Hall–Kier alpha value is -1.30. The summed E-state index contributed by atoms with van der Waals surface area (Å²) in [6.07, 6.45) is 2.79. The molecule has 2 heterocycles. The lowest BCUT2D eigenvalue weighted by Crippen LogP contribution is -2.53. The Labute approximate surface area is 119 Å². The summed E-state index contributed by atoms with van der Waals surface area (Å²) in [4.78, 5) is 27.2. The van der Waals surface area contributed by atoms with Crippen molar-refractivity contribution in [1.82, 2.24) is 9.80 Å². The fourth-order valence-electron chi connectivity index (χ4n) is 3.17. The first kappa shape index (κ1) is 15.1. The smallest absolute Gasteiger partial charge is 0.320 e. The Balaban J connectivity index is 1.93. The number of urea groups is 1. The number of β-amino-alcohol motifs (C(OH)–C–C–N with tert-alkyl or cyclic N) is 1. The molecule has 2 rings (SSSR count). The van der Waals surface area contributed by atoms with Gasteiger partial charge in [-0.3, -0.25) is 4.79 Å². The number of carbonyl (C=O) groups is 2. The Morgan fingerprint density at radius 3 is 2.35 bits per heavy atom. The van der Waals surface area contributed by atoms with Crippen molar-refractivity contribution in [2.45, 2.75) is 45.1 Å². The van der Waals surface area contributed by atoms with Crippen molar-refractivity contribution in [3.63, 3.8) is 0 Å². The van der Waals surface area contributed by atoms with E-state index in [0.717, 1.165) is 12.8 Å². The van der Waals surface area contributed by atoms with Gasteiger partial charge in [0.1, 0.15) is 0 Å². The van der Waals surface area contributed by atoms with Gasteiger partial charge in [0, 0.05) is 26.2 Å². The van der Waals surface area contributed by atoms with Crippen LogP contribution >= 0.6 is 0 Å². The lowest BCUT2D eigenvalue weighted by atomic mass is 9.76. The average molecular weight is 284 g/mol. The van der Waals surface area contributed by atoms with Crippen LogP contribution in [-0.4, -0.2) is 64.3 Å². The van der Waals surface area contributed by atoms with E-state index < -0.39 is 17.5 Å². The van der Waals surface area contributed by atoms with Crippen LogP contribution in [0.3, 0.4) is 0 Å². The second-order valence-electron chi connectivity index (χ2n) is 5.95. The van der Waals surface area contributed by atoms with Gasteiger partial charge in [0.2, 0.25) is 0 Å². The molecule has 20 heavy (non-hydrogen) atoms. The Morgan fingerprint density at radius 1 is 1.20 bits per heavy atom. The van der Waals surface area contributed by atoms with Gasteiger partial charge in [0.15, 0.2) is 0 Å². The monoisotopic (exact) mass is 284 g/mol. The normalized spacial score (nSPS) is 26.4. The number of carboxylic acid groups (broad SMARTS) is 1. The first-order valence-corrected chi connectivity index (χ1v) is 7.44. The molecule has 2 amide bonds. The first-order valence-electron chi connectivity index (χ1n) is 7.44. The van der Waals surface area contributed by atoms with Crippen LogP contribution in [0.5, 0.6) is 0 Å². The zero-order valence-corrected chi connectivity index (χ0v) is 12.0. The first-order chi connectivity index (χ1) is 9.48. The second kappa shape index (κ2) is 5.99. The summed E-state index contributed by atoms with van der Waals surface area (Å²) in [7, 11) is 0. The number of carboxylic acids is 1. The molecule has 2 saturated heterocycles. The highest BCUT2D eigenvalue weighted by Crippen LogP contribution is 2.35. The molecule has 0 aromatic carbocycles. The Kier molecular flexibility index (Phi) is 4.52. The minimum absolute atomic E-state index is 0.0566. The molecule has 0 aromatic rings. The summed E-state index contributed by atoms with van der Waals surface area (Å²) in [5, 5.41) is 19.0. The van der Waals surface area contributed by atoms with Gasteiger partial charge in [-0.15, -0.1) is 0 Å². The highest BCUT2D eigenvalue weighted by atomic mass is 16.4. The van der Waals surface area contributed by atoms with E-state index in [4.69, 9.17) is 0 Å². The van der Waals surface area contributed by atoms with Gasteiger partial charge >= 0.3 is 12.0 Å². The molecule has 0 aliphatic carbocycles. The highest BCUT2D eigenvalue weighted by Gasteiger charge is 2.41. The van der Waals surface area contributed by atoms with Crippen LogP contribution in [0.2, 0.25) is 0 Å². The van der Waals surface area contributed by atoms with E-state index in [-0.39, 0.29) is 6.03 Å². The third-order valence-electron chi connectivity index (χ3n) is 4.79. The maximum absolute atomic E-state index is 12.4. The minimum Gasteiger partial charge on any atom is -0.481 e. The molecular weight excluding hydrogens is 260 g/mol. The van der Waals surface area contributed by atoms with Crippen LogP contribution in [0.15, 0.2) is 0 Å². The number of piperidine rings is 2. The molecule has 1 unspecified atom stereocenters. The highest BCUT2D eigenvalue weighted by molar-refractivity contribution is 5.77. The van der Waals surface area contributed by atoms with Gasteiger partial charge in [-0.25, -0.2) is 4.79 Å². The molecule has 114 valence electrons. The molecule has 0 bridgehead atoms. The van der Waals surface area contributed by atoms with Crippen molar-refractivity contribution < 1.29 is 19.8 Å². The summed E-state index contributed by atoms with van der Waals surface area (Å²) < 4.78 is 0. The van der Waals surface area contributed by atoms with E-state index >= 15 is 0 Å². The van der Waals surface area contributed by atoms with Crippen LogP contribution in [-0.2, 0) is 4.79 Å². The van der Waals surface area contributed by atoms with Gasteiger partial charge in [-0.05, 0) is 32.1 Å². The predicted molar refractivity (Wildman–Crippen MR) is 73.4 cm³/mol. The summed E-state index contributed by atoms with van der Waals surface area (Å²) in [5.41, 5.74) is -0.668. The second-order valence-corrected chi connectivity index (χ2v) is 5.95. The molecule has 6 nitrogen and oxygen atoms in total. The number of hydrogen-bond donors (Lipinski definition) is 2. The summed E-state index contributed by atoms with van der Waals surface area (Å²) in [6, 6.07) is -0.0566. The summed E-state index contributed by atoms with van der Waals surface area (Å²) in [6.45, 7) is 3.96. The van der Waals surface area contributed by atoms with Crippen LogP contribution in [0, 0.1) is 5.41 Å². The maximum Gasteiger partial charge on any atom is 0.320 e. The predicted octanol–water partition coefficient (Wildman–Crippen LogP) is 1.14. The van der Waals surface area contributed by atoms with Crippen molar-refractivity contribution in [2.75, 3.05) is 26.2 Å². The summed E-state index contributed by atoms with van der Waals surface area (Å²) in [5.74, 6) is -0.750. The third-order valence-corrected chi connectivity index (χ3v) is 4.79. The van der Waals surface area contributed by atoms with E-state index in [2.05, 4.69) is 0 Å². The Bertz CT molecular complexity index is 377. The minimum atomic E-state index is -0.750. The number of aliphatic hydroxyl groups excluding tert-OH is 1. The van der Waals surface area contributed by atoms with Crippen molar-refractivity contribution in [2.24, 2.45) is 5.41 Å². The fourth-order valence-corrected chi connectivity index (χ4v) is 3.17. The molecule has 0 spiro atoms. The zero-order chi connectivity index (χ0) is 14.8. The molecule has 2 aliphatic rings. The van der Waals surface area contributed by atoms with Gasteiger partial charge in [0.05, 0.1) is 11.5 Å². The molecule has 0 aromatic heterocycles. The molecule has 2 N–H and O–H groups in total. The molecule has 6 heteroatoms. The van der Waals surface area contributed by atoms with Crippen molar-refractivity contribution in [3.05, 3.63) is 0 Å². The number of hydrogen-bond acceptors (Lipinski definition) is 3. The molecule has 0 radical (unpaired) electrons. The van der Waals surface area contributed by atoms with Gasteiger partial charge in [-0.1, -0.05) is 6.92 Å². The van der Waals surface area contributed by atoms with Crippen LogP contribution in [0.1, 0.15) is 39.0 Å². The molecule has 1 atom stereocenters. The topological polar surface area (TPSA) is 81.1 Å². The van der Waals surface area contributed by atoms with E-state index in [0.29, 0.717) is 45.4 Å². The maximum atomic E-state index is 12.4. The number of nitrogens with zero attached hydrogens (tertiary/aromatic N) is 2. The number of rotatable bonds is 2. The van der Waals surface area contributed by atoms with Crippen LogP contribution in [0.25, 0.3) is 0 Å². The standard InChI is InChI=1S/C14H24N2O4/c1-2-14(12(18)19)5-8-15(9-6-14)13(20)16-7-3-4-11(17)10-16/h11,17H,2-10H2,1H3,(H,18,19). The van der Waals surface area contributed by atoms with Crippen molar-refractivity contribution >= 4 is 12.0 Å². The number of likely N-dealkylation sites (tertiary alicyclic amines) is 2. The van der Waals surface area contributed by atoms with Crippen LogP contribution < -0.4 is 0 Å². The Morgan fingerprint density at radius 2 is 1.85 bits per heavy atom. The molecule has 0 saturated carbocycles. The number of carbonyl (C=O) groups excluding carboxylic acids is 1. The number of amides is 2. The zero-order valence-electron chi connectivity index (χ0n) is 12.0. The van der Waals surface area contributed by atoms with Gasteiger partial charge in [-0.2, -0.15) is 0 Å². The van der Waals surface area contributed by atoms with Gasteiger partial charge < -0.3 is 20.0 Å². The SMILES string of the molecule is CCC1(C(=O)O)CCN(C(=O)N2CCCC(O)C2)CC1. The lowest BCUT2D eigenvalue weighted by molar-refractivity contribution is -0.152. The fraction of sp³-hybridized carbons (Fsp3) is 0.857. The third kappa shape index (κ3) is 2.90. The number of aliphatic hydroxyl groups is 1. The van der Waals surface area contributed by atoms with E-state index in [1.165, 1.54) is 0 Å². The van der Waals surface area contributed by atoms with E-state index in [1.807, 2.05) is 6.92 Å². The van der Waals surface area contributed by atoms with Gasteiger partial charge in [0.25, 0.3) is 0 Å². The van der Waals surface area contributed by atoms with Crippen LogP contribution in [0.4, 0.5) is 4.79 Å². The molecular formula is C14H24N2O4. The molecule has 2 aliphatic heterocycles. The van der Waals surface area contributed by atoms with Crippen molar-refractivity contribution in [3.8, 4) is 0 Å². The van der Waals surface area contributed by atoms with E-state index in [9.17, 15) is 19.8 Å². The quantitative estimate of drug-likeness (QED) is 0.797. The van der Waals surface area contributed by atoms with Crippen molar-refractivity contribution in [1.29, 1.82) is 0 Å². The lowest BCUT2D eigenvalue weighted by Gasteiger charge is -2.41. The molecule has 2 fully saturated rings.